The van der Waals surface area contributed by atoms with E-state index in [9.17, 15) is 22.4 Å². The van der Waals surface area contributed by atoms with Crippen molar-refractivity contribution in [2.24, 2.45) is 0 Å². The van der Waals surface area contributed by atoms with E-state index in [-0.39, 0.29) is 11.8 Å². The van der Waals surface area contributed by atoms with Crippen LogP contribution >= 0.6 is 0 Å². The summed E-state index contributed by atoms with van der Waals surface area (Å²) in [5, 5.41) is 0. The molecule has 1 aliphatic heterocycles. The lowest BCUT2D eigenvalue weighted by Crippen LogP contribution is -2.53. The molecule has 0 N–H and O–H groups in total. The van der Waals surface area contributed by atoms with Gasteiger partial charge in [-0.3, -0.25) is 0 Å². The first-order valence-corrected chi connectivity index (χ1v) is 8.63. The van der Waals surface area contributed by atoms with Crippen molar-refractivity contribution in [3.05, 3.63) is 59.7 Å². The summed E-state index contributed by atoms with van der Waals surface area (Å²) in [5.74, 6) is -7.05. The number of carbonyl (C=O) groups is 1. The van der Waals surface area contributed by atoms with Crippen LogP contribution in [-0.2, 0) is 22.5 Å². The molecule has 150 valence electrons. The van der Waals surface area contributed by atoms with Gasteiger partial charge < -0.3 is 14.4 Å². The van der Waals surface area contributed by atoms with Crippen LogP contribution in [0.4, 0.5) is 23.2 Å². The molecule has 2 unspecified atom stereocenters. The molecule has 3 rings (SSSR count). The number of methoxy groups -OCH3 is 1. The molecule has 8 heteroatoms. The first-order chi connectivity index (χ1) is 13.2. The highest BCUT2D eigenvalue weighted by Gasteiger charge is 2.66. The molecule has 0 amide bonds. The van der Waals surface area contributed by atoms with Gasteiger partial charge in [-0.1, -0.05) is 36.4 Å². The van der Waals surface area contributed by atoms with Crippen molar-refractivity contribution in [3.8, 4) is 5.75 Å². The Balaban J connectivity index is 1.95. The third-order valence-electron chi connectivity index (χ3n) is 4.71. The van der Waals surface area contributed by atoms with Crippen molar-refractivity contribution in [1.29, 1.82) is 0 Å². The van der Waals surface area contributed by atoms with Crippen LogP contribution in [0.1, 0.15) is 18.1 Å². The third-order valence-corrected chi connectivity index (χ3v) is 4.71. The normalized spacial score (nSPS) is 18.4. The SMILES string of the molecule is COC(=O)C(F)(Oc1cccc2c1CC(C)N2Cc1ccccc1)C(F)(F)F. The van der Waals surface area contributed by atoms with Crippen LogP contribution in [0.25, 0.3) is 0 Å². The van der Waals surface area contributed by atoms with E-state index in [0.717, 1.165) is 5.56 Å². The smallest absolute Gasteiger partial charge is 0.464 e. The zero-order valence-electron chi connectivity index (χ0n) is 15.3. The highest BCUT2D eigenvalue weighted by atomic mass is 19.4. The van der Waals surface area contributed by atoms with Crippen molar-refractivity contribution in [2.45, 2.75) is 38.0 Å². The average molecular weight is 397 g/mol. The summed E-state index contributed by atoms with van der Waals surface area (Å²) in [4.78, 5) is 13.5. The molecule has 0 bridgehead atoms. The van der Waals surface area contributed by atoms with Crippen LogP contribution in [0.2, 0.25) is 0 Å². The van der Waals surface area contributed by atoms with E-state index in [2.05, 4.69) is 9.47 Å². The minimum atomic E-state index is -5.59. The number of rotatable bonds is 5. The number of halogens is 4. The average Bonchev–Trinajstić information content (AvgIpc) is 2.97. The van der Waals surface area contributed by atoms with Crippen LogP contribution in [0.15, 0.2) is 48.5 Å². The standard InChI is InChI=1S/C20H19F4NO3/c1-13-11-15-16(25(13)12-14-7-4-3-5-8-14)9-6-10-17(15)28-19(21,18(26)27-2)20(22,23)24/h3-10,13H,11-12H2,1-2H3. The predicted molar refractivity (Wildman–Crippen MR) is 94.8 cm³/mol. The summed E-state index contributed by atoms with van der Waals surface area (Å²) >= 11 is 0. The fourth-order valence-electron chi connectivity index (χ4n) is 3.29. The van der Waals surface area contributed by atoms with Gasteiger partial charge in [-0.25, -0.2) is 4.79 Å². The van der Waals surface area contributed by atoms with Crippen molar-refractivity contribution in [1.82, 2.24) is 0 Å². The largest absolute Gasteiger partial charge is 0.472 e. The summed E-state index contributed by atoms with van der Waals surface area (Å²) in [5.41, 5.74) is 2.09. The van der Waals surface area contributed by atoms with E-state index in [4.69, 9.17) is 0 Å². The number of carbonyl (C=O) groups excluding carboxylic acids is 1. The van der Waals surface area contributed by atoms with Crippen LogP contribution in [0, 0.1) is 0 Å². The lowest BCUT2D eigenvalue weighted by atomic mass is 10.1. The molecule has 0 saturated heterocycles. The van der Waals surface area contributed by atoms with E-state index < -0.39 is 18.0 Å². The lowest BCUT2D eigenvalue weighted by molar-refractivity contribution is -0.296. The van der Waals surface area contributed by atoms with Gasteiger partial charge in [0, 0.05) is 23.8 Å². The fraction of sp³-hybridized carbons (Fsp3) is 0.350. The Labute approximate surface area is 159 Å². The maximum atomic E-state index is 14.6. The van der Waals surface area contributed by atoms with Crippen molar-refractivity contribution in [2.75, 3.05) is 12.0 Å². The molecule has 1 aliphatic rings. The molecule has 0 spiro atoms. The Bertz CT molecular complexity index is 856. The summed E-state index contributed by atoms with van der Waals surface area (Å²) in [6.45, 7) is 2.45. The summed E-state index contributed by atoms with van der Waals surface area (Å²) in [6.07, 6.45) is -5.23. The molecule has 0 fully saturated rings. The fourth-order valence-corrected chi connectivity index (χ4v) is 3.29. The van der Waals surface area contributed by atoms with E-state index in [1.807, 2.05) is 42.2 Å². The van der Waals surface area contributed by atoms with E-state index in [1.165, 1.54) is 12.1 Å². The van der Waals surface area contributed by atoms with Crippen LogP contribution in [-0.4, -0.2) is 31.2 Å². The van der Waals surface area contributed by atoms with Gasteiger partial charge in [0.05, 0.1) is 7.11 Å². The van der Waals surface area contributed by atoms with Crippen LogP contribution in [0.5, 0.6) is 5.75 Å². The molecule has 1 heterocycles. The monoisotopic (exact) mass is 397 g/mol. The zero-order chi connectivity index (χ0) is 20.5. The quantitative estimate of drug-likeness (QED) is 0.553. The van der Waals surface area contributed by atoms with Crippen molar-refractivity contribution in [3.63, 3.8) is 0 Å². The Morgan fingerprint density at radius 3 is 2.39 bits per heavy atom. The molecule has 2 atom stereocenters. The van der Waals surface area contributed by atoms with Gasteiger partial charge in [-0.2, -0.15) is 17.6 Å². The van der Waals surface area contributed by atoms with Gasteiger partial charge >= 0.3 is 18.0 Å². The number of alkyl halides is 4. The minimum Gasteiger partial charge on any atom is -0.464 e. The summed E-state index contributed by atoms with van der Waals surface area (Å²) in [6, 6.07) is 14.0. The third kappa shape index (κ3) is 3.50. The Hall–Kier alpha value is -2.77. The van der Waals surface area contributed by atoms with Gasteiger partial charge in [-0.15, -0.1) is 0 Å². The predicted octanol–water partition coefficient (Wildman–Crippen LogP) is 4.42. The minimum absolute atomic E-state index is 0.0435. The molecule has 0 saturated carbocycles. The van der Waals surface area contributed by atoms with Gasteiger partial charge in [0.25, 0.3) is 0 Å². The van der Waals surface area contributed by atoms with Crippen LogP contribution < -0.4 is 9.64 Å². The number of benzene rings is 2. The highest BCUT2D eigenvalue weighted by Crippen LogP contribution is 2.43. The maximum absolute atomic E-state index is 14.6. The van der Waals surface area contributed by atoms with E-state index in [0.29, 0.717) is 31.3 Å². The van der Waals surface area contributed by atoms with Crippen molar-refractivity contribution < 1.29 is 31.8 Å². The molecule has 2 aromatic rings. The molecule has 28 heavy (non-hydrogen) atoms. The number of nitrogens with zero attached hydrogens (tertiary/aromatic N) is 1. The second kappa shape index (κ2) is 7.33. The van der Waals surface area contributed by atoms with Gasteiger partial charge in [-0.05, 0) is 31.0 Å². The molecule has 0 aromatic heterocycles. The zero-order valence-corrected chi connectivity index (χ0v) is 15.3. The topological polar surface area (TPSA) is 38.8 Å². The lowest BCUT2D eigenvalue weighted by Gasteiger charge is -2.27. The Morgan fingerprint density at radius 1 is 1.11 bits per heavy atom. The highest BCUT2D eigenvalue weighted by molar-refractivity contribution is 5.79. The number of esters is 1. The summed E-state index contributed by atoms with van der Waals surface area (Å²) < 4.78 is 62.8. The molecule has 0 radical (unpaired) electrons. The first-order valence-electron chi connectivity index (χ1n) is 8.63. The number of hydrogen-bond donors (Lipinski definition) is 0. The van der Waals surface area contributed by atoms with Gasteiger partial charge in [0.1, 0.15) is 5.75 Å². The van der Waals surface area contributed by atoms with Crippen molar-refractivity contribution >= 4 is 11.7 Å². The summed E-state index contributed by atoms with van der Waals surface area (Å²) in [7, 11) is 0.671. The van der Waals surface area contributed by atoms with E-state index in [1.54, 1.807) is 6.07 Å². The molecular weight excluding hydrogens is 378 g/mol. The van der Waals surface area contributed by atoms with Crippen LogP contribution in [0.3, 0.4) is 0 Å². The Kier molecular flexibility index (Phi) is 5.23. The van der Waals surface area contributed by atoms with Gasteiger partial charge in [0.15, 0.2) is 0 Å². The second-order valence-corrected chi connectivity index (χ2v) is 6.61. The molecule has 0 aliphatic carbocycles. The number of anilines is 1. The number of fused-ring (bicyclic) bond motifs is 1. The first kappa shape index (κ1) is 20.0. The number of ether oxygens (including phenoxy) is 2. The Morgan fingerprint density at radius 2 is 1.79 bits per heavy atom. The maximum Gasteiger partial charge on any atom is 0.472 e. The number of hydrogen-bond acceptors (Lipinski definition) is 4. The van der Waals surface area contributed by atoms with Gasteiger partial charge in [0.2, 0.25) is 0 Å². The molecule has 2 aromatic carbocycles. The molecular formula is C20H19F4NO3. The van der Waals surface area contributed by atoms with E-state index >= 15 is 0 Å². The molecule has 4 nitrogen and oxygen atoms in total. The second-order valence-electron chi connectivity index (χ2n) is 6.61.